The molecule has 1 saturated heterocycles. The molecule has 2 aromatic rings. The van der Waals surface area contributed by atoms with Crippen molar-refractivity contribution in [1.29, 1.82) is 0 Å². The average Bonchev–Trinajstić information content (AvgIpc) is 2.76. The Hall–Kier alpha value is -2.20. The van der Waals surface area contributed by atoms with Crippen molar-refractivity contribution < 1.29 is 9.18 Å². The van der Waals surface area contributed by atoms with E-state index in [0.29, 0.717) is 24.6 Å². The number of aryl methyl sites for hydroxylation is 1. The van der Waals surface area contributed by atoms with Crippen LogP contribution in [0.4, 0.5) is 4.39 Å². The summed E-state index contributed by atoms with van der Waals surface area (Å²) in [7, 11) is 1.73. The Bertz CT molecular complexity index is 936. The van der Waals surface area contributed by atoms with Crippen molar-refractivity contribution in [2.45, 2.75) is 39.4 Å². The normalized spacial score (nSPS) is 16.8. The zero-order valence-electron chi connectivity index (χ0n) is 18.7. The van der Waals surface area contributed by atoms with Crippen molar-refractivity contribution in [1.82, 2.24) is 15.5 Å². The van der Waals surface area contributed by atoms with Crippen LogP contribution in [0, 0.1) is 18.7 Å². The Morgan fingerprint density at radius 2 is 1.84 bits per heavy atom. The van der Waals surface area contributed by atoms with Crippen molar-refractivity contribution in [3.63, 3.8) is 0 Å². The highest BCUT2D eigenvalue weighted by molar-refractivity contribution is 14.0. The third-order valence-corrected chi connectivity index (χ3v) is 5.67. The first-order chi connectivity index (χ1) is 14.9. The molecule has 1 heterocycles. The van der Waals surface area contributed by atoms with Crippen molar-refractivity contribution in [2.75, 3.05) is 20.1 Å². The molecule has 1 aliphatic heterocycles. The fraction of sp³-hybridized carbons (Fsp3) is 0.417. The SMILES string of the molecule is CN=C(NCc1cccc(CN2CCCC(C(N)=O)C2)c1)NCc1ccc(F)c(C)c1.I. The number of amides is 1. The number of nitrogens with one attached hydrogen (secondary N) is 2. The summed E-state index contributed by atoms with van der Waals surface area (Å²) in [5, 5.41) is 6.59. The number of guanidine groups is 1. The lowest BCUT2D eigenvalue weighted by Crippen LogP contribution is -2.40. The van der Waals surface area contributed by atoms with Gasteiger partial charge in [-0.1, -0.05) is 36.4 Å². The minimum Gasteiger partial charge on any atom is -0.369 e. The van der Waals surface area contributed by atoms with E-state index in [-0.39, 0.29) is 41.6 Å². The van der Waals surface area contributed by atoms with E-state index in [0.717, 1.165) is 43.6 Å². The second-order valence-electron chi connectivity index (χ2n) is 8.16. The Kier molecular flexibility index (Phi) is 10.4. The van der Waals surface area contributed by atoms with Crippen molar-refractivity contribution >= 4 is 35.8 Å². The first-order valence-corrected chi connectivity index (χ1v) is 10.7. The van der Waals surface area contributed by atoms with E-state index in [1.807, 2.05) is 6.07 Å². The van der Waals surface area contributed by atoms with E-state index in [4.69, 9.17) is 5.73 Å². The highest BCUT2D eigenvalue weighted by Gasteiger charge is 2.23. The van der Waals surface area contributed by atoms with E-state index in [2.05, 4.69) is 44.8 Å². The van der Waals surface area contributed by atoms with Crippen LogP contribution in [-0.4, -0.2) is 36.9 Å². The van der Waals surface area contributed by atoms with Crippen LogP contribution in [0.1, 0.15) is 35.1 Å². The molecule has 0 aromatic heterocycles. The molecular weight excluding hydrogens is 520 g/mol. The lowest BCUT2D eigenvalue weighted by atomic mass is 9.97. The predicted molar refractivity (Wildman–Crippen MR) is 137 cm³/mol. The molecule has 0 saturated carbocycles. The number of piperidine rings is 1. The molecule has 1 unspecified atom stereocenters. The Morgan fingerprint density at radius 1 is 1.16 bits per heavy atom. The highest BCUT2D eigenvalue weighted by Crippen LogP contribution is 2.18. The molecule has 1 fully saturated rings. The van der Waals surface area contributed by atoms with Gasteiger partial charge in [-0.25, -0.2) is 4.39 Å². The van der Waals surface area contributed by atoms with Gasteiger partial charge in [0.05, 0.1) is 5.92 Å². The van der Waals surface area contributed by atoms with E-state index in [1.54, 1.807) is 20.0 Å². The molecule has 174 valence electrons. The lowest BCUT2D eigenvalue weighted by molar-refractivity contribution is -0.123. The predicted octanol–water partition coefficient (Wildman–Crippen LogP) is 3.31. The van der Waals surface area contributed by atoms with Gasteiger partial charge in [0.25, 0.3) is 0 Å². The Morgan fingerprint density at radius 3 is 2.50 bits per heavy atom. The number of rotatable bonds is 7. The molecule has 1 amide bonds. The van der Waals surface area contributed by atoms with Crippen LogP contribution in [0.5, 0.6) is 0 Å². The number of carbonyl (C=O) groups excluding carboxylic acids is 1. The van der Waals surface area contributed by atoms with Gasteiger partial charge >= 0.3 is 0 Å². The molecule has 1 atom stereocenters. The third kappa shape index (κ3) is 7.74. The van der Waals surface area contributed by atoms with E-state index >= 15 is 0 Å². The Labute approximate surface area is 206 Å². The summed E-state index contributed by atoms with van der Waals surface area (Å²) in [6.45, 7) is 5.50. The standard InChI is InChI=1S/C24H32FN5O.HI/c1-17-11-19(8-9-22(17)25)14-29-24(27-2)28-13-18-5-3-6-20(12-18)15-30-10-4-7-21(16-30)23(26)31;/h3,5-6,8-9,11-12,21H,4,7,10,13-16H2,1-2H3,(H2,26,31)(H2,27,28,29);1H. The summed E-state index contributed by atoms with van der Waals surface area (Å²) in [6, 6.07) is 13.5. The first kappa shape index (κ1) is 26.1. The minimum atomic E-state index is -0.197. The molecule has 0 spiro atoms. The second-order valence-corrected chi connectivity index (χ2v) is 8.16. The first-order valence-electron chi connectivity index (χ1n) is 10.7. The number of benzene rings is 2. The van der Waals surface area contributed by atoms with E-state index in [1.165, 1.54) is 11.6 Å². The summed E-state index contributed by atoms with van der Waals surface area (Å²) in [5.74, 6) is 0.253. The number of primary amides is 1. The van der Waals surface area contributed by atoms with Gasteiger partial charge in [-0.3, -0.25) is 14.7 Å². The van der Waals surface area contributed by atoms with Gasteiger partial charge in [0.1, 0.15) is 5.82 Å². The molecule has 1 aliphatic rings. The summed E-state index contributed by atoms with van der Waals surface area (Å²) in [5.41, 5.74) is 9.50. The summed E-state index contributed by atoms with van der Waals surface area (Å²) in [6.07, 6.45) is 1.89. The zero-order chi connectivity index (χ0) is 22.2. The number of likely N-dealkylation sites (tertiary alicyclic amines) is 1. The van der Waals surface area contributed by atoms with E-state index < -0.39 is 0 Å². The van der Waals surface area contributed by atoms with Crippen LogP contribution in [0.3, 0.4) is 0 Å². The maximum Gasteiger partial charge on any atom is 0.221 e. The topological polar surface area (TPSA) is 82.8 Å². The molecule has 4 N–H and O–H groups in total. The molecule has 0 bridgehead atoms. The molecule has 2 aromatic carbocycles. The summed E-state index contributed by atoms with van der Waals surface area (Å²) in [4.78, 5) is 18.1. The maximum atomic E-state index is 13.4. The fourth-order valence-corrected chi connectivity index (χ4v) is 3.94. The number of hydrogen-bond acceptors (Lipinski definition) is 3. The van der Waals surface area contributed by atoms with Crippen molar-refractivity contribution in [3.05, 3.63) is 70.5 Å². The quantitative estimate of drug-likeness (QED) is 0.279. The van der Waals surface area contributed by atoms with Gasteiger partial charge in [-0.2, -0.15) is 0 Å². The summed E-state index contributed by atoms with van der Waals surface area (Å²) >= 11 is 0. The second kappa shape index (κ2) is 12.7. The van der Waals surface area contributed by atoms with Gasteiger partial charge in [0.2, 0.25) is 5.91 Å². The molecule has 0 aliphatic carbocycles. The van der Waals surface area contributed by atoms with Crippen LogP contribution in [0.15, 0.2) is 47.5 Å². The van der Waals surface area contributed by atoms with Gasteiger partial charge in [0, 0.05) is 33.2 Å². The Balaban J connectivity index is 0.00000363. The molecule has 3 rings (SSSR count). The molecular formula is C24H33FIN5O. The number of nitrogens with zero attached hydrogens (tertiary/aromatic N) is 2. The number of aliphatic imine (C=N–C) groups is 1. The highest BCUT2D eigenvalue weighted by atomic mass is 127. The number of nitrogens with two attached hydrogens (primary N) is 1. The lowest BCUT2D eigenvalue weighted by Gasteiger charge is -2.31. The summed E-state index contributed by atoms with van der Waals surface area (Å²) < 4.78 is 13.4. The van der Waals surface area contributed by atoms with Gasteiger partial charge < -0.3 is 16.4 Å². The number of carbonyl (C=O) groups is 1. The molecule has 8 heteroatoms. The van der Waals surface area contributed by atoms with Crippen LogP contribution in [0.2, 0.25) is 0 Å². The van der Waals surface area contributed by atoms with Crippen molar-refractivity contribution in [3.8, 4) is 0 Å². The third-order valence-electron chi connectivity index (χ3n) is 5.67. The number of hydrogen-bond donors (Lipinski definition) is 3. The monoisotopic (exact) mass is 553 g/mol. The maximum absolute atomic E-state index is 13.4. The largest absolute Gasteiger partial charge is 0.369 e. The fourth-order valence-electron chi connectivity index (χ4n) is 3.94. The van der Waals surface area contributed by atoms with Crippen LogP contribution in [0.25, 0.3) is 0 Å². The zero-order valence-corrected chi connectivity index (χ0v) is 21.1. The van der Waals surface area contributed by atoms with E-state index in [9.17, 15) is 9.18 Å². The average molecular weight is 553 g/mol. The molecule has 0 radical (unpaired) electrons. The van der Waals surface area contributed by atoms with Gasteiger partial charge in [-0.15, -0.1) is 24.0 Å². The number of halogens is 2. The molecule has 32 heavy (non-hydrogen) atoms. The van der Waals surface area contributed by atoms with Gasteiger partial charge in [0.15, 0.2) is 5.96 Å². The van der Waals surface area contributed by atoms with Crippen LogP contribution >= 0.6 is 24.0 Å². The molecule has 6 nitrogen and oxygen atoms in total. The van der Waals surface area contributed by atoms with Crippen LogP contribution in [-0.2, 0) is 24.4 Å². The van der Waals surface area contributed by atoms with Crippen molar-refractivity contribution in [2.24, 2.45) is 16.6 Å². The van der Waals surface area contributed by atoms with Crippen LogP contribution < -0.4 is 16.4 Å². The minimum absolute atomic E-state index is 0. The smallest absolute Gasteiger partial charge is 0.221 e. The van der Waals surface area contributed by atoms with Gasteiger partial charge in [-0.05, 0) is 54.6 Å².